The van der Waals surface area contributed by atoms with Gasteiger partial charge in [0.15, 0.2) is 5.79 Å². The van der Waals surface area contributed by atoms with Crippen molar-refractivity contribution in [1.82, 2.24) is 0 Å². The van der Waals surface area contributed by atoms with E-state index in [1.54, 1.807) is 0 Å². The van der Waals surface area contributed by atoms with Crippen LogP contribution in [0.25, 0.3) is 0 Å². The van der Waals surface area contributed by atoms with Crippen molar-refractivity contribution >= 4 is 10.8 Å². The Morgan fingerprint density at radius 1 is 1.30 bits per heavy atom. The Morgan fingerprint density at radius 2 is 1.95 bits per heavy atom. The molecule has 1 unspecified atom stereocenters. The Labute approximate surface area is 123 Å². The molecule has 1 aromatic carbocycles. The van der Waals surface area contributed by atoms with E-state index in [9.17, 15) is 4.21 Å². The van der Waals surface area contributed by atoms with Gasteiger partial charge in [-0.1, -0.05) is 24.3 Å². The van der Waals surface area contributed by atoms with Gasteiger partial charge in [-0.05, 0) is 32.4 Å². The van der Waals surface area contributed by atoms with Gasteiger partial charge in [0.25, 0.3) is 0 Å². The van der Waals surface area contributed by atoms with Crippen LogP contribution in [0.2, 0.25) is 0 Å². The van der Waals surface area contributed by atoms with Gasteiger partial charge >= 0.3 is 0 Å². The largest absolute Gasteiger partial charge is 0.347 e. The maximum Gasteiger partial charge on any atom is 0.163 e. The van der Waals surface area contributed by atoms with Crippen molar-refractivity contribution in [1.29, 1.82) is 0 Å². The van der Waals surface area contributed by atoms with E-state index in [2.05, 4.69) is 6.58 Å². The Kier molecular flexibility index (Phi) is 5.13. The van der Waals surface area contributed by atoms with Gasteiger partial charge in [-0.3, -0.25) is 4.21 Å². The number of hydrogen-bond acceptors (Lipinski definition) is 3. The molecule has 1 aliphatic rings. The first-order chi connectivity index (χ1) is 9.50. The molecule has 1 aliphatic heterocycles. The van der Waals surface area contributed by atoms with Crippen LogP contribution >= 0.6 is 0 Å². The summed E-state index contributed by atoms with van der Waals surface area (Å²) in [6, 6.07) is 9.52. The third-order valence-electron chi connectivity index (χ3n) is 3.20. The van der Waals surface area contributed by atoms with Gasteiger partial charge in [-0.25, -0.2) is 0 Å². The first-order valence-corrected chi connectivity index (χ1v) is 8.22. The molecule has 1 aromatic rings. The van der Waals surface area contributed by atoms with Crippen molar-refractivity contribution in [2.75, 3.05) is 5.75 Å². The van der Waals surface area contributed by atoms with E-state index in [1.807, 2.05) is 50.3 Å². The van der Waals surface area contributed by atoms with Crippen LogP contribution in [0, 0.1) is 0 Å². The summed E-state index contributed by atoms with van der Waals surface area (Å²) in [6.07, 6.45) is 3.45. The highest BCUT2D eigenvalue weighted by molar-refractivity contribution is 7.85. The topological polar surface area (TPSA) is 35.5 Å². The molecule has 0 radical (unpaired) electrons. The molecular weight excluding hydrogens is 272 g/mol. The van der Waals surface area contributed by atoms with Crippen molar-refractivity contribution in [2.24, 2.45) is 0 Å². The van der Waals surface area contributed by atoms with Gasteiger partial charge in [0.1, 0.15) is 0 Å². The molecule has 2 rings (SSSR count). The molecule has 1 fully saturated rings. The van der Waals surface area contributed by atoms with Gasteiger partial charge in [0.05, 0.1) is 28.8 Å². The van der Waals surface area contributed by atoms with E-state index < -0.39 is 16.6 Å². The maximum atomic E-state index is 12.4. The van der Waals surface area contributed by atoms with E-state index in [-0.39, 0.29) is 12.2 Å². The zero-order valence-electron chi connectivity index (χ0n) is 12.1. The minimum absolute atomic E-state index is 0.0512. The summed E-state index contributed by atoms with van der Waals surface area (Å²) in [4.78, 5) is 0.848. The highest BCUT2D eigenvalue weighted by Crippen LogP contribution is 2.29. The lowest BCUT2D eigenvalue weighted by Crippen LogP contribution is -2.46. The summed E-state index contributed by atoms with van der Waals surface area (Å²) in [5.41, 5.74) is 0. The molecule has 20 heavy (non-hydrogen) atoms. The summed E-state index contributed by atoms with van der Waals surface area (Å²) < 4.78 is 24.1. The maximum absolute atomic E-state index is 12.4. The van der Waals surface area contributed by atoms with Crippen molar-refractivity contribution < 1.29 is 13.7 Å². The molecule has 0 spiro atoms. The van der Waals surface area contributed by atoms with Gasteiger partial charge in [0, 0.05) is 11.3 Å². The molecule has 3 nitrogen and oxygen atoms in total. The molecule has 0 bridgehead atoms. The van der Waals surface area contributed by atoms with Crippen LogP contribution in [0.4, 0.5) is 0 Å². The summed E-state index contributed by atoms with van der Waals surface area (Å²) >= 11 is 0. The molecule has 1 saturated heterocycles. The fourth-order valence-corrected chi connectivity index (χ4v) is 3.68. The van der Waals surface area contributed by atoms with Crippen molar-refractivity contribution in [2.45, 2.75) is 49.6 Å². The summed E-state index contributed by atoms with van der Waals surface area (Å²) in [6.45, 7) is 7.56. The van der Waals surface area contributed by atoms with E-state index in [0.29, 0.717) is 5.75 Å². The second-order valence-electron chi connectivity index (χ2n) is 5.46. The quantitative estimate of drug-likeness (QED) is 0.782. The molecule has 0 saturated carbocycles. The molecule has 0 aromatic heterocycles. The molecule has 110 valence electrons. The molecule has 0 aliphatic carbocycles. The van der Waals surface area contributed by atoms with Gasteiger partial charge in [-0.15, -0.1) is 6.58 Å². The first kappa shape index (κ1) is 15.4. The number of ether oxygens (including phenoxy) is 2. The van der Waals surface area contributed by atoms with Crippen molar-refractivity contribution in [3.8, 4) is 0 Å². The lowest BCUT2D eigenvalue weighted by atomic mass is 10.1. The summed E-state index contributed by atoms with van der Waals surface area (Å²) in [5, 5.41) is 0. The van der Waals surface area contributed by atoms with E-state index >= 15 is 0 Å². The Morgan fingerprint density at radius 3 is 2.60 bits per heavy atom. The fourth-order valence-electron chi connectivity index (χ4n) is 2.49. The van der Waals surface area contributed by atoms with Crippen LogP contribution in [0.1, 0.15) is 26.7 Å². The molecular formula is C16H22O3S. The lowest BCUT2D eigenvalue weighted by molar-refractivity contribution is -0.294. The number of hydrogen-bond donors (Lipinski definition) is 0. The normalized spacial score (nSPS) is 26.9. The average molecular weight is 294 g/mol. The lowest BCUT2D eigenvalue weighted by Gasteiger charge is -2.40. The van der Waals surface area contributed by atoms with Gasteiger partial charge in [-0.2, -0.15) is 0 Å². The summed E-state index contributed by atoms with van der Waals surface area (Å²) in [5.74, 6) is -0.123. The standard InChI is InChI=1S/C16H22O3S/c1-4-8-13-11-14(19-16(2,3)18-13)12-20(17)15-9-6-5-7-10-15/h4-7,9-10,13-14H,1,8,11-12H2,2-3H3/t13-,14+,20?/m0/s1. The Balaban J connectivity index is 2.01. The van der Waals surface area contributed by atoms with Crippen LogP contribution < -0.4 is 0 Å². The number of benzene rings is 1. The second-order valence-corrected chi connectivity index (χ2v) is 6.96. The monoisotopic (exact) mass is 294 g/mol. The minimum atomic E-state index is -1.04. The smallest absolute Gasteiger partial charge is 0.163 e. The van der Waals surface area contributed by atoms with Crippen LogP contribution in [0.5, 0.6) is 0 Å². The SMILES string of the molecule is C=CC[C@H]1C[C@H](CS(=O)c2ccccc2)OC(C)(C)O1. The zero-order valence-corrected chi connectivity index (χ0v) is 12.9. The van der Waals surface area contributed by atoms with E-state index in [4.69, 9.17) is 9.47 Å². The average Bonchev–Trinajstić information content (AvgIpc) is 2.38. The van der Waals surface area contributed by atoms with Crippen LogP contribution in [0.15, 0.2) is 47.9 Å². The minimum Gasteiger partial charge on any atom is -0.347 e. The van der Waals surface area contributed by atoms with E-state index in [0.717, 1.165) is 17.7 Å². The van der Waals surface area contributed by atoms with Crippen molar-refractivity contribution in [3.05, 3.63) is 43.0 Å². The highest BCUT2D eigenvalue weighted by Gasteiger charge is 2.35. The first-order valence-electron chi connectivity index (χ1n) is 6.90. The predicted molar refractivity (Wildman–Crippen MR) is 81.0 cm³/mol. The van der Waals surface area contributed by atoms with Gasteiger partial charge < -0.3 is 9.47 Å². The zero-order chi connectivity index (χ0) is 14.6. The van der Waals surface area contributed by atoms with Crippen LogP contribution in [-0.2, 0) is 20.3 Å². The van der Waals surface area contributed by atoms with Gasteiger partial charge in [0.2, 0.25) is 0 Å². The van der Waals surface area contributed by atoms with E-state index in [1.165, 1.54) is 0 Å². The van der Waals surface area contributed by atoms with Crippen molar-refractivity contribution in [3.63, 3.8) is 0 Å². The Bertz CT molecular complexity index is 470. The number of rotatable bonds is 5. The van der Waals surface area contributed by atoms with Crippen LogP contribution in [-0.4, -0.2) is 28.0 Å². The van der Waals surface area contributed by atoms with Crippen LogP contribution in [0.3, 0.4) is 0 Å². The third kappa shape index (κ3) is 4.27. The fraction of sp³-hybridized carbons (Fsp3) is 0.500. The second kappa shape index (κ2) is 6.66. The predicted octanol–water partition coefficient (Wildman–Crippen LogP) is 3.28. The molecule has 1 heterocycles. The highest BCUT2D eigenvalue weighted by atomic mass is 32.2. The Hall–Kier alpha value is -0.970. The molecule has 3 atom stereocenters. The molecule has 4 heteroatoms. The molecule has 0 amide bonds. The summed E-state index contributed by atoms with van der Waals surface area (Å²) in [7, 11) is -1.04. The molecule has 0 N–H and O–H groups in total. The third-order valence-corrected chi connectivity index (χ3v) is 4.67.